The second-order valence-electron chi connectivity index (χ2n) is 3.00. The SMILES string of the molecule is Nc1cc(Br)cn(-c2cccnc2)c1=O. The van der Waals surface area contributed by atoms with Crippen molar-refractivity contribution in [3.05, 3.63) is 51.6 Å². The van der Waals surface area contributed by atoms with Crippen LogP contribution in [0.25, 0.3) is 5.69 Å². The van der Waals surface area contributed by atoms with Gasteiger partial charge >= 0.3 is 0 Å². The summed E-state index contributed by atoms with van der Waals surface area (Å²) in [6.45, 7) is 0. The van der Waals surface area contributed by atoms with Gasteiger partial charge in [0.15, 0.2) is 0 Å². The Balaban J connectivity index is 2.69. The topological polar surface area (TPSA) is 60.9 Å². The molecule has 15 heavy (non-hydrogen) atoms. The van der Waals surface area contributed by atoms with E-state index in [4.69, 9.17) is 5.73 Å². The number of pyridine rings is 2. The van der Waals surface area contributed by atoms with Gasteiger partial charge in [0.1, 0.15) is 0 Å². The number of anilines is 1. The molecule has 0 radical (unpaired) electrons. The Kier molecular flexibility index (Phi) is 2.55. The zero-order chi connectivity index (χ0) is 10.8. The zero-order valence-electron chi connectivity index (χ0n) is 7.72. The molecule has 0 amide bonds. The van der Waals surface area contributed by atoms with Crippen LogP contribution in [0.15, 0.2) is 46.1 Å². The second kappa shape index (κ2) is 3.86. The fourth-order valence-electron chi connectivity index (χ4n) is 1.26. The van der Waals surface area contributed by atoms with Crippen LogP contribution in [0.1, 0.15) is 0 Å². The van der Waals surface area contributed by atoms with Crippen LogP contribution in [0.5, 0.6) is 0 Å². The summed E-state index contributed by atoms with van der Waals surface area (Å²) >= 11 is 3.28. The molecule has 0 fully saturated rings. The molecule has 0 aliphatic heterocycles. The van der Waals surface area contributed by atoms with Crippen LogP contribution in [-0.4, -0.2) is 9.55 Å². The Bertz CT molecular complexity index is 536. The van der Waals surface area contributed by atoms with Crippen molar-refractivity contribution in [3.63, 3.8) is 0 Å². The fraction of sp³-hybridized carbons (Fsp3) is 0. The molecule has 2 heterocycles. The third-order valence-electron chi connectivity index (χ3n) is 1.94. The number of hydrogen-bond donors (Lipinski definition) is 1. The molecule has 0 atom stereocenters. The van der Waals surface area contributed by atoms with Crippen LogP contribution >= 0.6 is 15.9 Å². The first-order valence-electron chi connectivity index (χ1n) is 4.26. The van der Waals surface area contributed by atoms with Gasteiger partial charge in [-0.05, 0) is 34.1 Å². The summed E-state index contributed by atoms with van der Waals surface area (Å²) in [5, 5.41) is 0. The average molecular weight is 266 g/mol. The summed E-state index contributed by atoms with van der Waals surface area (Å²) in [5.41, 5.74) is 6.22. The summed E-state index contributed by atoms with van der Waals surface area (Å²) in [7, 11) is 0. The summed E-state index contributed by atoms with van der Waals surface area (Å²) < 4.78 is 2.20. The van der Waals surface area contributed by atoms with Crippen LogP contribution in [0.4, 0.5) is 5.69 Å². The Labute approximate surface area is 94.5 Å². The monoisotopic (exact) mass is 265 g/mol. The van der Waals surface area contributed by atoms with E-state index in [1.54, 1.807) is 36.8 Å². The lowest BCUT2D eigenvalue weighted by molar-refractivity contribution is 0.976. The molecule has 2 rings (SSSR count). The van der Waals surface area contributed by atoms with Gasteiger partial charge in [-0.25, -0.2) is 0 Å². The molecule has 0 bridgehead atoms. The fourth-order valence-corrected chi connectivity index (χ4v) is 1.71. The number of halogens is 1. The van der Waals surface area contributed by atoms with E-state index in [1.165, 1.54) is 4.57 Å². The quantitative estimate of drug-likeness (QED) is 0.852. The molecule has 0 saturated carbocycles. The van der Waals surface area contributed by atoms with Crippen molar-refractivity contribution in [2.24, 2.45) is 0 Å². The maximum atomic E-state index is 11.7. The predicted octanol–water partition coefficient (Wildman–Crippen LogP) is 1.58. The number of nitrogens with zero attached hydrogens (tertiary/aromatic N) is 2. The summed E-state index contributed by atoms with van der Waals surface area (Å²) in [6, 6.07) is 5.13. The normalized spacial score (nSPS) is 10.2. The van der Waals surface area contributed by atoms with E-state index in [9.17, 15) is 4.79 Å². The molecule has 0 spiro atoms. The Morgan fingerprint density at radius 3 is 2.93 bits per heavy atom. The van der Waals surface area contributed by atoms with E-state index >= 15 is 0 Å². The van der Waals surface area contributed by atoms with Crippen molar-refractivity contribution in [1.82, 2.24) is 9.55 Å². The van der Waals surface area contributed by atoms with E-state index in [0.29, 0.717) is 5.69 Å². The summed E-state index contributed by atoms with van der Waals surface area (Å²) in [6.07, 6.45) is 4.92. The van der Waals surface area contributed by atoms with Gasteiger partial charge < -0.3 is 5.73 Å². The van der Waals surface area contributed by atoms with Crippen molar-refractivity contribution < 1.29 is 0 Å². The van der Waals surface area contributed by atoms with E-state index < -0.39 is 0 Å². The first kappa shape index (κ1) is 9.92. The lowest BCUT2D eigenvalue weighted by Crippen LogP contribution is -2.20. The molecule has 0 aliphatic rings. The van der Waals surface area contributed by atoms with Crippen molar-refractivity contribution in [3.8, 4) is 5.69 Å². The lowest BCUT2D eigenvalue weighted by Gasteiger charge is -2.06. The van der Waals surface area contributed by atoms with E-state index in [1.807, 2.05) is 0 Å². The molecular formula is C10H8BrN3O. The minimum Gasteiger partial charge on any atom is -0.394 e. The summed E-state index contributed by atoms with van der Waals surface area (Å²) in [5.74, 6) is 0. The number of nitrogen functional groups attached to an aromatic ring is 1. The minimum absolute atomic E-state index is 0.202. The Hall–Kier alpha value is -1.62. The molecule has 2 aromatic heterocycles. The number of hydrogen-bond acceptors (Lipinski definition) is 3. The maximum absolute atomic E-state index is 11.7. The molecular weight excluding hydrogens is 258 g/mol. The molecule has 4 nitrogen and oxygen atoms in total. The van der Waals surface area contributed by atoms with E-state index in [2.05, 4.69) is 20.9 Å². The largest absolute Gasteiger partial charge is 0.394 e. The van der Waals surface area contributed by atoms with Gasteiger partial charge in [0.2, 0.25) is 0 Å². The standard InChI is InChI=1S/C10H8BrN3O/c11-7-4-9(12)10(15)14(6-7)8-2-1-3-13-5-8/h1-6H,12H2. The number of aromatic nitrogens is 2. The van der Waals surface area contributed by atoms with Crippen LogP contribution in [-0.2, 0) is 0 Å². The van der Waals surface area contributed by atoms with Crippen LogP contribution in [0.3, 0.4) is 0 Å². The molecule has 5 heteroatoms. The highest BCUT2D eigenvalue weighted by molar-refractivity contribution is 9.10. The average Bonchev–Trinajstić information content (AvgIpc) is 2.24. The Morgan fingerprint density at radius 1 is 1.47 bits per heavy atom. The summed E-state index contributed by atoms with van der Waals surface area (Å²) in [4.78, 5) is 15.7. The molecule has 2 aromatic rings. The van der Waals surface area contributed by atoms with Crippen molar-refractivity contribution in [2.75, 3.05) is 5.73 Å². The van der Waals surface area contributed by atoms with Crippen molar-refractivity contribution in [2.45, 2.75) is 0 Å². The van der Waals surface area contributed by atoms with Gasteiger partial charge in [-0.3, -0.25) is 14.3 Å². The molecule has 0 aliphatic carbocycles. The maximum Gasteiger partial charge on any atom is 0.278 e. The third-order valence-corrected chi connectivity index (χ3v) is 2.37. The molecule has 76 valence electrons. The third kappa shape index (κ3) is 1.92. The van der Waals surface area contributed by atoms with E-state index in [0.717, 1.165) is 4.47 Å². The van der Waals surface area contributed by atoms with Gasteiger partial charge in [0.05, 0.1) is 17.6 Å². The van der Waals surface area contributed by atoms with Gasteiger partial charge in [0, 0.05) is 16.9 Å². The molecule has 2 N–H and O–H groups in total. The van der Waals surface area contributed by atoms with Gasteiger partial charge in [0.25, 0.3) is 5.56 Å². The molecule has 0 saturated heterocycles. The molecule has 0 unspecified atom stereocenters. The van der Waals surface area contributed by atoms with Crippen LogP contribution in [0, 0.1) is 0 Å². The Morgan fingerprint density at radius 2 is 2.27 bits per heavy atom. The molecule has 0 aromatic carbocycles. The van der Waals surface area contributed by atoms with Crippen molar-refractivity contribution >= 4 is 21.6 Å². The van der Waals surface area contributed by atoms with Crippen LogP contribution < -0.4 is 11.3 Å². The van der Waals surface area contributed by atoms with Crippen LogP contribution in [0.2, 0.25) is 0 Å². The first-order chi connectivity index (χ1) is 7.18. The van der Waals surface area contributed by atoms with Gasteiger partial charge in [-0.15, -0.1) is 0 Å². The highest BCUT2D eigenvalue weighted by Gasteiger charge is 2.04. The highest BCUT2D eigenvalue weighted by Crippen LogP contribution is 2.12. The zero-order valence-corrected chi connectivity index (χ0v) is 9.31. The predicted molar refractivity (Wildman–Crippen MR) is 61.9 cm³/mol. The lowest BCUT2D eigenvalue weighted by atomic mass is 10.3. The van der Waals surface area contributed by atoms with E-state index in [-0.39, 0.29) is 11.2 Å². The highest BCUT2D eigenvalue weighted by atomic mass is 79.9. The smallest absolute Gasteiger partial charge is 0.278 e. The van der Waals surface area contributed by atoms with Crippen molar-refractivity contribution in [1.29, 1.82) is 0 Å². The number of nitrogens with two attached hydrogens (primary N) is 1. The van der Waals surface area contributed by atoms with Gasteiger partial charge in [-0.1, -0.05) is 0 Å². The second-order valence-corrected chi connectivity index (χ2v) is 3.92. The minimum atomic E-state index is -0.244. The van der Waals surface area contributed by atoms with Gasteiger partial charge in [-0.2, -0.15) is 0 Å². The number of rotatable bonds is 1. The first-order valence-corrected chi connectivity index (χ1v) is 5.06.